The number of carbonyl (C=O) groups excluding carboxylic acids is 1. The summed E-state index contributed by atoms with van der Waals surface area (Å²) >= 11 is 0. The second-order valence-corrected chi connectivity index (χ2v) is 2.67. The summed E-state index contributed by atoms with van der Waals surface area (Å²) in [6.07, 6.45) is 2.93. The topological polar surface area (TPSA) is 49.3 Å². The average molecular weight is 143 g/mol. The molecule has 2 N–H and O–H groups in total. The van der Waals surface area contributed by atoms with Gasteiger partial charge in [-0.1, -0.05) is 6.42 Å². The number of aliphatic hydroxyl groups is 1. The van der Waals surface area contributed by atoms with Gasteiger partial charge in [0.1, 0.15) is 0 Å². The third kappa shape index (κ3) is 1.70. The van der Waals surface area contributed by atoms with Gasteiger partial charge in [-0.15, -0.1) is 0 Å². The molecule has 0 aliphatic carbocycles. The lowest BCUT2D eigenvalue weighted by Gasteiger charge is -2.07. The lowest BCUT2D eigenvalue weighted by molar-refractivity contribution is -0.125. The van der Waals surface area contributed by atoms with E-state index in [0.717, 1.165) is 25.8 Å². The smallest absolute Gasteiger partial charge is 0.225 e. The van der Waals surface area contributed by atoms with Crippen molar-refractivity contribution in [3.8, 4) is 0 Å². The van der Waals surface area contributed by atoms with Crippen LogP contribution in [-0.4, -0.2) is 24.2 Å². The van der Waals surface area contributed by atoms with Crippen molar-refractivity contribution in [3.05, 3.63) is 0 Å². The van der Waals surface area contributed by atoms with Gasteiger partial charge < -0.3 is 10.4 Å². The fraction of sp³-hybridized carbons (Fsp3) is 0.857. The molecule has 1 amide bonds. The molecule has 0 unspecified atom stereocenters. The van der Waals surface area contributed by atoms with E-state index >= 15 is 0 Å². The summed E-state index contributed by atoms with van der Waals surface area (Å²) in [7, 11) is 0. The number of rotatable bonds is 1. The molecular weight excluding hydrogens is 130 g/mol. The Labute approximate surface area is 60.4 Å². The Morgan fingerprint density at radius 3 is 3.10 bits per heavy atom. The zero-order valence-electron chi connectivity index (χ0n) is 5.97. The molecular formula is C7H13NO2. The van der Waals surface area contributed by atoms with E-state index in [9.17, 15) is 4.79 Å². The maximum Gasteiger partial charge on any atom is 0.225 e. The van der Waals surface area contributed by atoms with E-state index in [1.807, 2.05) is 0 Å². The van der Waals surface area contributed by atoms with Crippen molar-refractivity contribution in [2.75, 3.05) is 13.2 Å². The monoisotopic (exact) mass is 143 g/mol. The largest absolute Gasteiger partial charge is 0.396 e. The Bertz CT molecular complexity index is 125. The van der Waals surface area contributed by atoms with Crippen LogP contribution in [0.25, 0.3) is 0 Å². The lowest BCUT2D eigenvalue weighted by Crippen LogP contribution is -2.30. The fourth-order valence-corrected chi connectivity index (χ4v) is 1.18. The van der Waals surface area contributed by atoms with Gasteiger partial charge in [0.15, 0.2) is 0 Å². The summed E-state index contributed by atoms with van der Waals surface area (Å²) < 4.78 is 0. The second-order valence-electron chi connectivity index (χ2n) is 2.67. The minimum absolute atomic E-state index is 0.00810. The number of hydrogen-bond donors (Lipinski definition) is 2. The van der Waals surface area contributed by atoms with Gasteiger partial charge in [0.2, 0.25) is 5.91 Å². The predicted octanol–water partition coefficient (Wildman–Crippen LogP) is -0.105. The summed E-state index contributed by atoms with van der Waals surface area (Å²) in [4.78, 5) is 11.0. The summed E-state index contributed by atoms with van der Waals surface area (Å²) in [6.45, 7) is 0.765. The molecule has 10 heavy (non-hydrogen) atoms. The Morgan fingerprint density at radius 2 is 2.40 bits per heavy atom. The maximum atomic E-state index is 11.0. The summed E-state index contributed by atoms with van der Waals surface area (Å²) in [5, 5.41) is 11.5. The minimum Gasteiger partial charge on any atom is -0.396 e. The standard InChI is InChI=1S/C7H13NO2/c9-5-6-3-1-2-4-8-7(6)10/h6,9H,1-5H2,(H,8,10)/t6-/m1/s1. The van der Waals surface area contributed by atoms with Crippen LogP contribution >= 0.6 is 0 Å². The highest BCUT2D eigenvalue weighted by Gasteiger charge is 2.18. The molecule has 1 aliphatic rings. The molecule has 0 aromatic carbocycles. The van der Waals surface area contributed by atoms with E-state index in [0.29, 0.717) is 0 Å². The molecule has 3 nitrogen and oxygen atoms in total. The third-order valence-electron chi connectivity index (χ3n) is 1.87. The molecule has 0 aromatic rings. The third-order valence-corrected chi connectivity index (χ3v) is 1.87. The summed E-state index contributed by atoms with van der Waals surface area (Å²) in [6, 6.07) is 0. The van der Waals surface area contributed by atoms with Gasteiger partial charge in [0.25, 0.3) is 0 Å². The van der Waals surface area contributed by atoms with Crippen LogP contribution in [0.5, 0.6) is 0 Å². The summed E-state index contributed by atoms with van der Waals surface area (Å²) in [5.41, 5.74) is 0. The molecule has 1 atom stereocenters. The van der Waals surface area contributed by atoms with Gasteiger partial charge in [-0.25, -0.2) is 0 Å². The van der Waals surface area contributed by atoms with Crippen molar-refractivity contribution in [1.29, 1.82) is 0 Å². The van der Waals surface area contributed by atoms with Gasteiger partial charge in [0.05, 0.1) is 12.5 Å². The van der Waals surface area contributed by atoms with Crippen LogP contribution in [-0.2, 0) is 4.79 Å². The van der Waals surface area contributed by atoms with Gasteiger partial charge in [-0.3, -0.25) is 4.79 Å². The van der Waals surface area contributed by atoms with E-state index in [2.05, 4.69) is 5.32 Å². The van der Waals surface area contributed by atoms with Crippen LogP contribution in [0.1, 0.15) is 19.3 Å². The van der Waals surface area contributed by atoms with E-state index < -0.39 is 0 Å². The van der Waals surface area contributed by atoms with Crippen molar-refractivity contribution in [3.63, 3.8) is 0 Å². The molecule has 58 valence electrons. The van der Waals surface area contributed by atoms with Crippen molar-refractivity contribution in [1.82, 2.24) is 5.32 Å². The molecule has 1 rings (SSSR count). The number of amides is 1. The van der Waals surface area contributed by atoms with E-state index in [-0.39, 0.29) is 18.4 Å². The van der Waals surface area contributed by atoms with E-state index in [1.165, 1.54) is 0 Å². The number of hydrogen-bond acceptors (Lipinski definition) is 2. The highest BCUT2D eigenvalue weighted by Crippen LogP contribution is 2.10. The van der Waals surface area contributed by atoms with Crippen molar-refractivity contribution in [2.45, 2.75) is 19.3 Å². The first-order valence-corrected chi connectivity index (χ1v) is 3.73. The normalized spacial score (nSPS) is 27.3. The van der Waals surface area contributed by atoms with Crippen LogP contribution in [0, 0.1) is 5.92 Å². The molecule has 0 bridgehead atoms. The van der Waals surface area contributed by atoms with Crippen LogP contribution in [0.15, 0.2) is 0 Å². The number of aliphatic hydroxyl groups excluding tert-OH is 1. The van der Waals surface area contributed by atoms with Crippen LogP contribution in [0.3, 0.4) is 0 Å². The average Bonchev–Trinajstić information content (AvgIpc) is 2.13. The Kier molecular flexibility index (Phi) is 2.68. The first-order chi connectivity index (χ1) is 4.84. The maximum absolute atomic E-state index is 11.0. The van der Waals surface area contributed by atoms with Crippen molar-refractivity contribution < 1.29 is 9.90 Å². The quantitative estimate of drug-likeness (QED) is 0.538. The molecule has 0 aromatic heterocycles. The molecule has 1 fully saturated rings. The van der Waals surface area contributed by atoms with Gasteiger partial charge in [-0.05, 0) is 12.8 Å². The van der Waals surface area contributed by atoms with Crippen LogP contribution in [0.4, 0.5) is 0 Å². The van der Waals surface area contributed by atoms with E-state index in [4.69, 9.17) is 5.11 Å². The van der Waals surface area contributed by atoms with Gasteiger partial charge in [-0.2, -0.15) is 0 Å². The van der Waals surface area contributed by atoms with Gasteiger partial charge in [0, 0.05) is 6.54 Å². The molecule has 0 spiro atoms. The van der Waals surface area contributed by atoms with Crippen LogP contribution in [0.2, 0.25) is 0 Å². The van der Waals surface area contributed by atoms with Crippen molar-refractivity contribution >= 4 is 5.91 Å². The zero-order chi connectivity index (χ0) is 7.40. The Morgan fingerprint density at radius 1 is 1.60 bits per heavy atom. The molecule has 0 radical (unpaired) electrons. The number of nitrogens with one attached hydrogen (secondary N) is 1. The van der Waals surface area contributed by atoms with E-state index in [1.54, 1.807) is 0 Å². The first kappa shape index (κ1) is 7.54. The van der Waals surface area contributed by atoms with Crippen molar-refractivity contribution in [2.24, 2.45) is 5.92 Å². The SMILES string of the molecule is O=C1NCCCC[C@@H]1CO. The zero-order valence-corrected chi connectivity index (χ0v) is 5.97. The second kappa shape index (κ2) is 3.56. The lowest BCUT2D eigenvalue weighted by atomic mass is 10.0. The van der Waals surface area contributed by atoms with Gasteiger partial charge >= 0.3 is 0 Å². The predicted molar refractivity (Wildman–Crippen MR) is 37.4 cm³/mol. The Hall–Kier alpha value is -0.570. The first-order valence-electron chi connectivity index (χ1n) is 3.73. The minimum atomic E-state index is -0.150. The molecule has 3 heteroatoms. The highest BCUT2D eigenvalue weighted by atomic mass is 16.3. The summed E-state index contributed by atoms with van der Waals surface area (Å²) in [5.74, 6) is -0.137. The molecule has 0 saturated carbocycles. The highest BCUT2D eigenvalue weighted by molar-refractivity contribution is 5.78. The molecule has 1 heterocycles. The molecule has 1 aliphatic heterocycles. The molecule has 1 saturated heterocycles. The fourth-order valence-electron chi connectivity index (χ4n) is 1.18. The number of carbonyl (C=O) groups is 1. The van der Waals surface area contributed by atoms with Crippen LogP contribution < -0.4 is 5.32 Å². The Balaban J connectivity index is 2.43.